The van der Waals surface area contributed by atoms with Gasteiger partial charge in [0.05, 0.1) is 10.6 Å². The first-order valence-corrected chi connectivity index (χ1v) is 11.4. The number of non-ortho nitro benzene ring substituents is 1. The number of amides is 4. The summed E-state index contributed by atoms with van der Waals surface area (Å²) in [6, 6.07) is 16.0. The zero-order valence-corrected chi connectivity index (χ0v) is 20.5. The Morgan fingerprint density at radius 1 is 1.00 bits per heavy atom. The van der Waals surface area contributed by atoms with E-state index in [0.717, 1.165) is 37.7 Å². The van der Waals surface area contributed by atoms with Crippen LogP contribution in [0.15, 0.2) is 70.7 Å². The molecule has 1 heterocycles. The van der Waals surface area contributed by atoms with E-state index in [1.165, 1.54) is 24.3 Å². The molecule has 4 amide bonds. The van der Waals surface area contributed by atoms with E-state index >= 15 is 0 Å². The molecule has 1 fully saturated rings. The van der Waals surface area contributed by atoms with Crippen molar-refractivity contribution in [3.63, 3.8) is 0 Å². The number of halogens is 1. The van der Waals surface area contributed by atoms with Crippen LogP contribution in [-0.2, 0) is 16.0 Å². The van der Waals surface area contributed by atoms with Gasteiger partial charge in [0.2, 0.25) is 0 Å². The second-order valence-corrected chi connectivity index (χ2v) is 9.17. The molecule has 0 unspecified atom stereocenters. The number of barbiturate groups is 1. The number of hydrogen-bond acceptors (Lipinski definition) is 5. The molecule has 0 atom stereocenters. The van der Waals surface area contributed by atoms with Crippen molar-refractivity contribution >= 4 is 51.2 Å². The predicted octanol–water partition coefficient (Wildman–Crippen LogP) is 5.23. The molecule has 0 saturated carbocycles. The molecule has 0 aromatic heterocycles. The number of rotatable bonds is 5. The smallest absolute Gasteiger partial charge is 0.273 e. The Kier molecular flexibility index (Phi) is 6.61. The van der Waals surface area contributed by atoms with Gasteiger partial charge in [-0.05, 0) is 61.2 Å². The molecule has 1 N–H and O–H groups in total. The zero-order chi connectivity index (χ0) is 25.3. The standard InChI is InChI=1S/C26H20BrN3O5/c1-15-8-16(2)10-17(9-15)11-18-6-7-20(27)12-19(18)13-23-24(31)28-26(33)29(25(23)32)21-4-3-5-22(14-21)30(34)35/h3-10,12-14H,11H2,1-2H3,(H,28,31,33)/b23-13+. The van der Waals surface area contributed by atoms with Gasteiger partial charge < -0.3 is 0 Å². The highest BCUT2D eigenvalue weighted by atomic mass is 79.9. The highest BCUT2D eigenvalue weighted by molar-refractivity contribution is 9.10. The minimum Gasteiger partial charge on any atom is -0.273 e. The second-order valence-electron chi connectivity index (χ2n) is 8.25. The number of carbonyl (C=O) groups is 3. The minimum absolute atomic E-state index is 0.00944. The monoisotopic (exact) mass is 533 g/mol. The summed E-state index contributed by atoms with van der Waals surface area (Å²) in [7, 11) is 0. The molecule has 3 aromatic rings. The molecule has 0 radical (unpaired) electrons. The maximum Gasteiger partial charge on any atom is 0.335 e. The van der Waals surface area contributed by atoms with Crippen LogP contribution in [0, 0.1) is 24.0 Å². The van der Waals surface area contributed by atoms with Gasteiger partial charge in [-0.3, -0.25) is 25.0 Å². The van der Waals surface area contributed by atoms with Gasteiger partial charge >= 0.3 is 6.03 Å². The zero-order valence-electron chi connectivity index (χ0n) is 18.9. The second kappa shape index (κ2) is 9.63. The third kappa shape index (κ3) is 5.20. The highest BCUT2D eigenvalue weighted by Crippen LogP contribution is 2.28. The van der Waals surface area contributed by atoms with E-state index in [9.17, 15) is 24.5 Å². The first-order chi connectivity index (χ1) is 16.6. The molecule has 0 spiro atoms. The molecule has 4 rings (SSSR count). The lowest BCUT2D eigenvalue weighted by Gasteiger charge is -2.26. The van der Waals surface area contributed by atoms with Crippen molar-refractivity contribution in [2.75, 3.05) is 4.90 Å². The number of nitro groups is 1. The minimum atomic E-state index is -0.970. The molecule has 1 aliphatic heterocycles. The molecule has 3 aromatic carbocycles. The lowest BCUT2D eigenvalue weighted by Crippen LogP contribution is -2.54. The fraction of sp³-hybridized carbons (Fsp3) is 0.115. The van der Waals surface area contributed by atoms with Crippen LogP contribution in [0.2, 0.25) is 0 Å². The Hall–Kier alpha value is -4.11. The Balaban J connectivity index is 1.75. The van der Waals surface area contributed by atoms with E-state index in [-0.39, 0.29) is 16.9 Å². The van der Waals surface area contributed by atoms with E-state index in [0.29, 0.717) is 12.0 Å². The molecule has 176 valence electrons. The van der Waals surface area contributed by atoms with Crippen LogP contribution in [0.1, 0.15) is 27.8 Å². The Labute approximate surface area is 209 Å². The molecule has 1 aliphatic rings. The van der Waals surface area contributed by atoms with Crippen LogP contribution in [0.25, 0.3) is 6.08 Å². The van der Waals surface area contributed by atoms with Crippen LogP contribution in [-0.4, -0.2) is 22.8 Å². The topological polar surface area (TPSA) is 110 Å². The van der Waals surface area contributed by atoms with Crippen molar-refractivity contribution in [1.29, 1.82) is 0 Å². The van der Waals surface area contributed by atoms with Gasteiger partial charge in [0.1, 0.15) is 5.57 Å². The van der Waals surface area contributed by atoms with Crippen molar-refractivity contribution in [3.8, 4) is 0 Å². The lowest BCUT2D eigenvalue weighted by molar-refractivity contribution is -0.384. The quantitative estimate of drug-likeness (QED) is 0.209. The molecule has 9 heteroatoms. The predicted molar refractivity (Wildman–Crippen MR) is 135 cm³/mol. The summed E-state index contributed by atoms with van der Waals surface area (Å²) >= 11 is 3.44. The van der Waals surface area contributed by atoms with Crippen LogP contribution >= 0.6 is 15.9 Å². The van der Waals surface area contributed by atoms with Crippen molar-refractivity contribution in [2.24, 2.45) is 0 Å². The summed E-state index contributed by atoms with van der Waals surface area (Å²) < 4.78 is 0.754. The fourth-order valence-corrected chi connectivity index (χ4v) is 4.42. The maximum absolute atomic E-state index is 13.3. The van der Waals surface area contributed by atoms with Gasteiger partial charge in [-0.15, -0.1) is 0 Å². The van der Waals surface area contributed by atoms with Crippen LogP contribution in [0.3, 0.4) is 0 Å². The summed E-state index contributed by atoms with van der Waals surface area (Å²) in [5.41, 5.74) is 4.30. The maximum atomic E-state index is 13.3. The number of urea groups is 1. The number of anilines is 1. The van der Waals surface area contributed by atoms with Gasteiger partial charge in [-0.1, -0.05) is 57.4 Å². The summed E-state index contributed by atoms with van der Waals surface area (Å²) in [4.78, 5) is 49.7. The average molecular weight is 534 g/mol. The molecule has 0 bridgehead atoms. The van der Waals surface area contributed by atoms with E-state index in [2.05, 4.69) is 39.4 Å². The summed E-state index contributed by atoms with van der Waals surface area (Å²) in [6.07, 6.45) is 2.01. The number of benzene rings is 3. The SMILES string of the molecule is Cc1cc(C)cc(Cc2ccc(Br)cc2/C=C2\C(=O)NC(=O)N(c3cccc([N+](=O)[O-])c3)C2=O)c1. The summed E-state index contributed by atoms with van der Waals surface area (Å²) in [5.74, 6) is -1.70. The number of hydrogen-bond donors (Lipinski definition) is 1. The first-order valence-electron chi connectivity index (χ1n) is 10.6. The van der Waals surface area contributed by atoms with Crippen molar-refractivity contribution in [2.45, 2.75) is 20.3 Å². The van der Waals surface area contributed by atoms with Gasteiger partial charge in [-0.25, -0.2) is 9.69 Å². The van der Waals surface area contributed by atoms with E-state index in [1.807, 2.05) is 26.0 Å². The van der Waals surface area contributed by atoms with Crippen molar-refractivity contribution in [3.05, 3.63) is 109 Å². The molecular weight excluding hydrogens is 514 g/mol. The first kappa shape index (κ1) is 24.0. The van der Waals surface area contributed by atoms with Crippen molar-refractivity contribution < 1.29 is 19.3 Å². The molecule has 8 nitrogen and oxygen atoms in total. The molecule has 0 aliphatic carbocycles. The lowest BCUT2D eigenvalue weighted by atomic mass is 9.95. The van der Waals surface area contributed by atoms with Gasteiger partial charge in [0.15, 0.2) is 0 Å². The third-order valence-corrected chi connectivity index (χ3v) is 5.98. The molecular formula is C26H20BrN3O5. The number of nitro benzene ring substituents is 1. The summed E-state index contributed by atoms with van der Waals surface area (Å²) in [5, 5.41) is 13.3. The van der Waals surface area contributed by atoms with Gasteiger partial charge in [0.25, 0.3) is 17.5 Å². The normalized spacial score (nSPS) is 14.9. The van der Waals surface area contributed by atoms with Crippen LogP contribution < -0.4 is 10.2 Å². The van der Waals surface area contributed by atoms with Gasteiger partial charge in [-0.2, -0.15) is 0 Å². The Bertz CT molecular complexity index is 1410. The average Bonchev–Trinajstić information content (AvgIpc) is 2.77. The number of carbonyl (C=O) groups excluding carboxylic acids is 3. The number of aryl methyl sites for hydroxylation is 2. The van der Waals surface area contributed by atoms with Gasteiger partial charge in [0, 0.05) is 16.6 Å². The van der Waals surface area contributed by atoms with E-state index in [1.54, 1.807) is 6.07 Å². The molecule has 35 heavy (non-hydrogen) atoms. The highest BCUT2D eigenvalue weighted by Gasteiger charge is 2.37. The summed E-state index contributed by atoms with van der Waals surface area (Å²) in [6.45, 7) is 4.04. The number of nitrogens with one attached hydrogen (secondary N) is 1. The Morgan fingerprint density at radius 3 is 2.40 bits per heavy atom. The van der Waals surface area contributed by atoms with Crippen molar-refractivity contribution in [1.82, 2.24) is 5.32 Å². The number of imide groups is 2. The van der Waals surface area contributed by atoms with Crippen LogP contribution in [0.5, 0.6) is 0 Å². The number of nitrogens with zero attached hydrogens (tertiary/aromatic N) is 2. The fourth-order valence-electron chi connectivity index (χ4n) is 4.05. The molecule has 1 saturated heterocycles. The van der Waals surface area contributed by atoms with E-state index in [4.69, 9.17) is 0 Å². The van der Waals surface area contributed by atoms with E-state index < -0.39 is 22.8 Å². The Morgan fingerprint density at radius 2 is 1.71 bits per heavy atom. The third-order valence-electron chi connectivity index (χ3n) is 5.48. The van der Waals surface area contributed by atoms with Crippen LogP contribution in [0.4, 0.5) is 16.2 Å². The largest absolute Gasteiger partial charge is 0.335 e.